The van der Waals surface area contributed by atoms with Crippen LogP contribution in [0.1, 0.15) is 39.0 Å². The number of methoxy groups -OCH3 is 1. The fourth-order valence-corrected chi connectivity index (χ4v) is 4.16. The Kier molecular flexibility index (Phi) is 6.96. The number of nitrogens with one attached hydrogen (secondary N) is 1. The van der Waals surface area contributed by atoms with Crippen LogP contribution in [0.15, 0.2) is 24.3 Å². The van der Waals surface area contributed by atoms with Crippen LogP contribution in [0, 0.1) is 0 Å². The van der Waals surface area contributed by atoms with Gasteiger partial charge in [-0.1, -0.05) is 19.3 Å². The lowest BCUT2D eigenvalue weighted by molar-refractivity contribution is -0.128. The van der Waals surface area contributed by atoms with E-state index in [1.807, 2.05) is 24.3 Å². The maximum Gasteiger partial charge on any atom is 0.260 e. The molecule has 1 unspecified atom stereocenters. The first-order valence-electron chi connectivity index (χ1n) is 10.0. The quantitative estimate of drug-likeness (QED) is 0.793. The van der Waals surface area contributed by atoms with E-state index in [4.69, 9.17) is 14.2 Å². The predicted molar refractivity (Wildman–Crippen MR) is 104 cm³/mol. The molecule has 150 valence electrons. The molecule has 3 rings (SSSR count). The van der Waals surface area contributed by atoms with Crippen molar-refractivity contribution in [1.82, 2.24) is 10.2 Å². The fourth-order valence-electron chi connectivity index (χ4n) is 4.16. The molecule has 1 aliphatic carbocycles. The number of hydrogen-bond donors (Lipinski definition) is 1. The zero-order valence-corrected chi connectivity index (χ0v) is 16.5. The maximum atomic E-state index is 12.6. The Bertz CT molecular complexity index is 593. The van der Waals surface area contributed by atoms with Gasteiger partial charge in [0.05, 0.1) is 20.3 Å². The van der Waals surface area contributed by atoms with Crippen molar-refractivity contribution in [1.29, 1.82) is 0 Å². The van der Waals surface area contributed by atoms with Crippen molar-refractivity contribution in [2.75, 3.05) is 40.0 Å². The van der Waals surface area contributed by atoms with E-state index >= 15 is 0 Å². The number of carbonyl (C=O) groups excluding carboxylic acids is 1. The lowest BCUT2D eigenvalue weighted by Crippen LogP contribution is -2.60. The minimum Gasteiger partial charge on any atom is -0.497 e. The van der Waals surface area contributed by atoms with Gasteiger partial charge in [-0.2, -0.15) is 0 Å². The van der Waals surface area contributed by atoms with Crippen molar-refractivity contribution < 1.29 is 19.0 Å². The molecule has 1 N–H and O–H groups in total. The first kappa shape index (κ1) is 20.0. The minimum absolute atomic E-state index is 0.0657. The van der Waals surface area contributed by atoms with Crippen LogP contribution in [-0.2, 0) is 9.53 Å². The summed E-state index contributed by atoms with van der Waals surface area (Å²) in [6.45, 7) is 5.95. The molecule has 0 spiro atoms. The van der Waals surface area contributed by atoms with Crippen LogP contribution < -0.4 is 14.8 Å². The Balaban J connectivity index is 1.56. The lowest BCUT2D eigenvalue weighted by Gasteiger charge is -2.48. The molecule has 6 nitrogen and oxygen atoms in total. The summed E-state index contributed by atoms with van der Waals surface area (Å²) in [5, 5.41) is 3.16. The highest BCUT2D eigenvalue weighted by Crippen LogP contribution is 2.34. The summed E-state index contributed by atoms with van der Waals surface area (Å²) < 4.78 is 16.5. The van der Waals surface area contributed by atoms with Crippen LogP contribution in [0.3, 0.4) is 0 Å². The standard InChI is InChI=1S/C21H32N2O4/c1-17(27-19-8-6-18(25-2)7-9-19)20(24)22-16-21(10-4-3-5-11-21)23-12-14-26-15-13-23/h6-9,17H,3-5,10-16H2,1-2H3,(H,22,24). The second-order valence-corrected chi connectivity index (χ2v) is 7.54. The number of ether oxygens (including phenoxy) is 3. The largest absolute Gasteiger partial charge is 0.497 e. The summed E-state index contributed by atoms with van der Waals surface area (Å²) in [6, 6.07) is 7.29. The van der Waals surface area contributed by atoms with Gasteiger partial charge in [0, 0.05) is 25.2 Å². The molecule has 1 atom stereocenters. The van der Waals surface area contributed by atoms with E-state index in [9.17, 15) is 4.79 Å². The third-order valence-corrected chi connectivity index (χ3v) is 5.80. The molecule has 0 bridgehead atoms. The van der Waals surface area contributed by atoms with Crippen LogP contribution in [0.5, 0.6) is 11.5 Å². The van der Waals surface area contributed by atoms with E-state index in [0.717, 1.165) is 44.9 Å². The Hall–Kier alpha value is -1.79. The highest BCUT2D eigenvalue weighted by atomic mass is 16.5. The second kappa shape index (κ2) is 9.42. The summed E-state index contributed by atoms with van der Waals surface area (Å²) in [6.07, 6.45) is 5.48. The second-order valence-electron chi connectivity index (χ2n) is 7.54. The number of carbonyl (C=O) groups is 1. The molecule has 1 aromatic carbocycles. The smallest absolute Gasteiger partial charge is 0.260 e. The molecule has 0 aromatic heterocycles. The van der Waals surface area contributed by atoms with E-state index in [-0.39, 0.29) is 11.4 Å². The fraction of sp³-hybridized carbons (Fsp3) is 0.667. The van der Waals surface area contributed by atoms with Crippen molar-refractivity contribution in [2.24, 2.45) is 0 Å². The number of benzene rings is 1. The van der Waals surface area contributed by atoms with Crippen LogP contribution in [-0.4, -0.2) is 62.4 Å². The van der Waals surface area contributed by atoms with Crippen molar-refractivity contribution in [3.05, 3.63) is 24.3 Å². The van der Waals surface area contributed by atoms with Gasteiger partial charge in [-0.05, 0) is 44.0 Å². The van der Waals surface area contributed by atoms with Gasteiger partial charge in [0.15, 0.2) is 6.10 Å². The third-order valence-electron chi connectivity index (χ3n) is 5.80. The summed E-state index contributed by atoms with van der Waals surface area (Å²) in [5.74, 6) is 1.37. The number of rotatable bonds is 7. The summed E-state index contributed by atoms with van der Waals surface area (Å²) in [5.41, 5.74) is 0.0670. The van der Waals surface area contributed by atoms with Gasteiger partial charge in [0.1, 0.15) is 11.5 Å². The van der Waals surface area contributed by atoms with Crippen LogP contribution in [0.4, 0.5) is 0 Å². The Morgan fingerprint density at radius 3 is 2.41 bits per heavy atom. The Morgan fingerprint density at radius 1 is 1.15 bits per heavy atom. The van der Waals surface area contributed by atoms with Crippen molar-refractivity contribution in [3.63, 3.8) is 0 Å². The predicted octanol–water partition coefficient (Wildman–Crippen LogP) is 2.61. The Morgan fingerprint density at radius 2 is 1.78 bits per heavy atom. The zero-order valence-electron chi connectivity index (χ0n) is 16.5. The first-order chi connectivity index (χ1) is 13.1. The van der Waals surface area contributed by atoms with Gasteiger partial charge in [-0.15, -0.1) is 0 Å². The normalized spacial score (nSPS) is 21.3. The average Bonchev–Trinajstić information content (AvgIpc) is 2.74. The van der Waals surface area contributed by atoms with Gasteiger partial charge < -0.3 is 19.5 Å². The zero-order chi connectivity index (χ0) is 19.1. The highest BCUT2D eigenvalue weighted by molar-refractivity contribution is 5.80. The van der Waals surface area contributed by atoms with Gasteiger partial charge >= 0.3 is 0 Å². The molecule has 1 aliphatic heterocycles. The average molecular weight is 376 g/mol. The Labute approximate surface area is 162 Å². The number of morpholine rings is 1. The first-order valence-corrected chi connectivity index (χ1v) is 10.0. The molecule has 1 amide bonds. The minimum atomic E-state index is -0.538. The number of nitrogens with zero attached hydrogens (tertiary/aromatic N) is 1. The molecule has 1 aromatic rings. The highest BCUT2D eigenvalue weighted by Gasteiger charge is 2.39. The molecule has 2 aliphatic rings. The molecule has 1 heterocycles. The van der Waals surface area contributed by atoms with Crippen LogP contribution in [0.2, 0.25) is 0 Å². The van der Waals surface area contributed by atoms with Gasteiger partial charge in [0.2, 0.25) is 0 Å². The van der Waals surface area contributed by atoms with E-state index in [1.54, 1.807) is 14.0 Å². The van der Waals surface area contributed by atoms with Gasteiger partial charge in [-0.25, -0.2) is 0 Å². The van der Waals surface area contributed by atoms with Crippen molar-refractivity contribution >= 4 is 5.91 Å². The molecular formula is C21H32N2O4. The van der Waals surface area contributed by atoms with Crippen molar-refractivity contribution in [2.45, 2.75) is 50.7 Å². The molecular weight excluding hydrogens is 344 g/mol. The molecule has 27 heavy (non-hydrogen) atoms. The topological polar surface area (TPSA) is 60.0 Å². The summed E-state index contributed by atoms with van der Waals surface area (Å²) in [4.78, 5) is 15.2. The monoisotopic (exact) mass is 376 g/mol. The summed E-state index contributed by atoms with van der Waals surface area (Å²) in [7, 11) is 1.63. The SMILES string of the molecule is COc1ccc(OC(C)C(=O)NCC2(N3CCOCC3)CCCCC2)cc1. The number of hydrogen-bond acceptors (Lipinski definition) is 5. The molecule has 1 saturated carbocycles. The molecule has 0 radical (unpaired) electrons. The van der Waals surface area contributed by atoms with Gasteiger partial charge in [0.25, 0.3) is 5.91 Å². The van der Waals surface area contributed by atoms with Crippen LogP contribution >= 0.6 is 0 Å². The number of amides is 1. The molecule has 2 fully saturated rings. The van der Waals surface area contributed by atoms with Crippen molar-refractivity contribution in [3.8, 4) is 11.5 Å². The van der Waals surface area contributed by atoms with E-state index in [0.29, 0.717) is 12.3 Å². The maximum absolute atomic E-state index is 12.6. The van der Waals surface area contributed by atoms with Crippen LogP contribution in [0.25, 0.3) is 0 Å². The van der Waals surface area contributed by atoms with E-state index in [1.165, 1.54) is 19.3 Å². The van der Waals surface area contributed by atoms with Gasteiger partial charge in [-0.3, -0.25) is 9.69 Å². The van der Waals surface area contributed by atoms with E-state index in [2.05, 4.69) is 10.2 Å². The van der Waals surface area contributed by atoms with E-state index < -0.39 is 6.10 Å². The molecule has 6 heteroatoms. The molecule has 1 saturated heterocycles. The third kappa shape index (κ3) is 5.14. The lowest BCUT2D eigenvalue weighted by atomic mass is 9.79. The summed E-state index contributed by atoms with van der Waals surface area (Å²) >= 11 is 0.